The number of aromatic nitrogens is 3. The van der Waals surface area contributed by atoms with E-state index in [1.165, 1.54) is 11.8 Å². The normalized spacial score (nSPS) is 13.9. The van der Waals surface area contributed by atoms with E-state index in [4.69, 9.17) is 5.73 Å². The van der Waals surface area contributed by atoms with Crippen molar-refractivity contribution in [1.82, 2.24) is 14.8 Å². The second kappa shape index (κ2) is 7.48. The van der Waals surface area contributed by atoms with Gasteiger partial charge in [-0.15, -0.1) is 10.2 Å². The average Bonchev–Trinajstić information content (AvgIpc) is 3.31. The quantitative estimate of drug-likeness (QED) is 0.535. The Labute approximate surface area is 152 Å². The molecule has 0 unspecified atom stereocenters. The minimum Gasteiger partial charge on any atom is -0.370 e. The molecule has 1 aromatic carbocycles. The molecule has 0 atom stereocenters. The van der Waals surface area contributed by atoms with Crippen molar-refractivity contribution in [2.45, 2.75) is 36.9 Å². The van der Waals surface area contributed by atoms with Gasteiger partial charge in [0.15, 0.2) is 10.9 Å². The Bertz CT molecular complexity index is 756. The number of nitrogens with two attached hydrogens (primary N) is 1. The fourth-order valence-electron chi connectivity index (χ4n) is 2.36. The molecule has 1 aliphatic carbocycles. The molecule has 24 heavy (non-hydrogen) atoms. The highest BCUT2D eigenvalue weighted by atomic mass is 79.9. The number of amides is 1. The number of carbonyl (C=O) groups excluding carboxylic acids is 2. The predicted molar refractivity (Wildman–Crippen MR) is 95.0 cm³/mol. The fourth-order valence-corrected chi connectivity index (χ4v) is 3.54. The lowest BCUT2D eigenvalue weighted by atomic mass is 10.2. The maximum Gasteiger partial charge on any atom is 0.217 e. The molecule has 2 aromatic rings. The van der Waals surface area contributed by atoms with Gasteiger partial charge >= 0.3 is 0 Å². The van der Waals surface area contributed by atoms with E-state index in [0.717, 1.165) is 28.3 Å². The molecular formula is C16H17BrN4O2S. The van der Waals surface area contributed by atoms with Crippen LogP contribution in [0.25, 0.3) is 0 Å². The number of benzene rings is 1. The Morgan fingerprint density at radius 3 is 2.58 bits per heavy atom. The van der Waals surface area contributed by atoms with Gasteiger partial charge in [-0.25, -0.2) is 0 Å². The highest BCUT2D eigenvalue weighted by Gasteiger charge is 2.29. The van der Waals surface area contributed by atoms with E-state index in [1.807, 2.05) is 12.1 Å². The molecule has 126 valence electrons. The Morgan fingerprint density at radius 1 is 1.25 bits per heavy atom. The van der Waals surface area contributed by atoms with Gasteiger partial charge in [-0.05, 0) is 25.0 Å². The first-order valence-electron chi connectivity index (χ1n) is 7.68. The molecule has 6 nitrogen and oxygen atoms in total. The van der Waals surface area contributed by atoms with Gasteiger partial charge in [0, 0.05) is 28.9 Å². The van der Waals surface area contributed by atoms with Gasteiger partial charge in [-0.1, -0.05) is 39.8 Å². The number of ketones is 1. The van der Waals surface area contributed by atoms with Crippen LogP contribution in [0.4, 0.5) is 0 Å². The Morgan fingerprint density at radius 2 is 1.96 bits per heavy atom. The first-order valence-corrected chi connectivity index (χ1v) is 9.46. The molecule has 0 saturated heterocycles. The smallest absolute Gasteiger partial charge is 0.217 e. The number of thioether (sulfide) groups is 1. The molecule has 2 N–H and O–H groups in total. The van der Waals surface area contributed by atoms with E-state index in [1.54, 1.807) is 12.1 Å². The highest BCUT2D eigenvalue weighted by Crippen LogP contribution is 2.39. The van der Waals surface area contributed by atoms with Gasteiger partial charge in [0.1, 0.15) is 5.82 Å². The molecule has 3 rings (SSSR count). The molecule has 1 aliphatic rings. The molecule has 0 radical (unpaired) electrons. The van der Waals surface area contributed by atoms with Crippen LogP contribution in [0.1, 0.15) is 41.5 Å². The van der Waals surface area contributed by atoms with Gasteiger partial charge in [0.05, 0.1) is 5.75 Å². The van der Waals surface area contributed by atoms with Crippen LogP contribution in [0.15, 0.2) is 33.9 Å². The number of rotatable bonds is 8. The molecule has 0 spiro atoms. The van der Waals surface area contributed by atoms with Crippen molar-refractivity contribution in [2.75, 3.05) is 5.75 Å². The van der Waals surface area contributed by atoms with Crippen LogP contribution in [-0.4, -0.2) is 32.2 Å². The standard InChI is InChI=1S/C16H17BrN4O2S/c17-11-3-1-10(2-4-11)13(22)9-24-16-20-19-15(8-7-14(18)23)21(16)12-5-6-12/h1-4,12H,5-9H2,(H2,18,23). The van der Waals surface area contributed by atoms with E-state index in [0.29, 0.717) is 23.8 Å². The van der Waals surface area contributed by atoms with E-state index in [2.05, 4.69) is 30.7 Å². The lowest BCUT2D eigenvalue weighted by Gasteiger charge is -2.08. The van der Waals surface area contributed by atoms with Gasteiger partial charge in [-0.3, -0.25) is 9.59 Å². The van der Waals surface area contributed by atoms with E-state index in [-0.39, 0.29) is 18.1 Å². The van der Waals surface area contributed by atoms with Gasteiger partial charge in [0.25, 0.3) is 0 Å². The number of aryl methyl sites for hydroxylation is 1. The predicted octanol–water partition coefficient (Wildman–Crippen LogP) is 2.77. The summed E-state index contributed by atoms with van der Waals surface area (Å²) in [5, 5.41) is 9.12. The van der Waals surface area contributed by atoms with Crippen LogP contribution in [0.5, 0.6) is 0 Å². The number of Topliss-reactive ketones (excluding diaryl/α,β-unsaturated/α-hetero) is 1. The van der Waals surface area contributed by atoms with Crippen LogP contribution >= 0.6 is 27.7 Å². The molecule has 1 amide bonds. The van der Waals surface area contributed by atoms with Crippen molar-refractivity contribution in [2.24, 2.45) is 5.73 Å². The Kier molecular flexibility index (Phi) is 5.35. The minimum atomic E-state index is -0.347. The molecule has 1 heterocycles. The van der Waals surface area contributed by atoms with Gasteiger partial charge < -0.3 is 10.3 Å². The van der Waals surface area contributed by atoms with Crippen molar-refractivity contribution in [1.29, 1.82) is 0 Å². The third-order valence-corrected chi connectivity index (χ3v) is 5.21. The SMILES string of the molecule is NC(=O)CCc1nnc(SCC(=O)c2ccc(Br)cc2)n1C1CC1. The summed E-state index contributed by atoms with van der Waals surface area (Å²) in [7, 11) is 0. The van der Waals surface area contributed by atoms with Crippen molar-refractivity contribution >= 4 is 39.4 Å². The molecule has 1 aromatic heterocycles. The fraction of sp³-hybridized carbons (Fsp3) is 0.375. The first-order chi connectivity index (χ1) is 11.5. The molecule has 8 heteroatoms. The van der Waals surface area contributed by atoms with Crippen LogP contribution in [-0.2, 0) is 11.2 Å². The van der Waals surface area contributed by atoms with Crippen molar-refractivity contribution in [3.63, 3.8) is 0 Å². The molecule has 0 bridgehead atoms. The topological polar surface area (TPSA) is 90.9 Å². The summed E-state index contributed by atoms with van der Waals surface area (Å²) in [5.74, 6) is 0.786. The summed E-state index contributed by atoms with van der Waals surface area (Å²) in [5.41, 5.74) is 5.89. The third kappa shape index (κ3) is 4.24. The largest absolute Gasteiger partial charge is 0.370 e. The lowest BCUT2D eigenvalue weighted by Crippen LogP contribution is -2.13. The van der Waals surface area contributed by atoms with E-state index < -0.39 is 0 Å². The average molecular weight is 409 g/mol. The maximum absolute atomic E-state index is 12.3. The number of hydrogen-bond acceptors (Lipinski definition) is 5. The van der Waals surface area contributed by atoms with Crippen LogP contribution in [0, 0.1) is 0 Å². The monoisotopic (exact) mass is 408 g/mol. The van der Waals surface area contributed by atoms with Crippen molar-refractivity contribution in [3.8, 4) is 0 Å². The van der Waals surface area contributed by atoms with Crippen molar-refractivity contribution in [3.05, 3.63) is 40.1 Å². The second-order valence-electron chi connectivity index (χ2n) is 5.69. The zero-order valence-electron chi connectivity index (χ0n) is 12.9. The van der Waals surface area contributed by atoms with Crippen molar-refractivity contribution < 1.29 is 9.59 Å². The lowest BCUT2D eigenvalue weighted by molar-refractivity contribution is -0.118. The zero-order valence-corrected chi connectivity index (χ0v) is 15.3. The van der Waals surface area contributed by atoms with Crippen LogP contribution in [0.2, 0.25) is 0 Å². The number of primary amides is 1. The minimum absolute atomic E-state index is 0.0523. The summed E-state index contributed by atoms with van der Waals surface area (Å²) in [6.45, 7) is 0. The van der Waals surface area contributed by atoms with Gasteiger partial charge in [-0.2, -0.15) is 0 Å². The first kappa shape index (κ1) is 17.2. The van der Waals surface area contributed by atoms with E-state index >= 15 is 0 Å². The summed E-state index contributed by atoms with van der Waals surface area (Å²) in [6.07, 6.45) is 2.90. The van der Waals surface area contributed by atoms with E-state index in [9.17, 15) is 9.59 Å². The molecule has 1 fully saturated rings. The number of carbonyl (C=O) groups is 2. The van der Waals surface area contributed by atoms with Crippen LogP contribution < -0.4 is 5.73 Å². The van der Waals surface area contributed by atoms with Gasteiger partial charge in [0.2, 0.25) is 5.91 Å². The zero-order chi connectivity index (χ0) is 17.1. The number of halogens is 1. The molecule has 1 saturated carbocycles. The Hall–Kier alpha value is -1.67. The molecule has 0 aliphatic heterocycles. The maximum atomic E-state index is 12.3. The highest BCUT2D eigenvalue weighted by molar-refractivity contribution is 9.10. The summed E-state index contributed by atoms with van der Waals surface area (Å²) in [6, 6.07) is 7.69. The number of hydrogen-bond donors (Lipinski definition) is 1. The molecular weight excluding hydrogens is 392 g/mol. The second-order valence-corrected chi connectivity index (χ2v) is 7.54. The van der Waals surface area contributed by atoms with Crippen LogP contribution in [0.3, 0.4) is 0 Å². The third-order valence-electron chi connectivity index (χ3n) is 3.74. The summed E-state index contributed by atoms with van der Waals surface area (Å²) >= 11 is 4.75. The Balaban J connectivity index is 1.67. The summed E-state index contributed by atoms with van der Waals surface area (Å²) in [4.78, 5) is 23.3. The summed E-state index contributed by atoms with van der Waals surface area (Å²) < 4.78 is 3.00. The number of nitrogens with zero attached hydrogens (tertiary/aromatic N) is 3.